The zero-order chi connectivity index (χ0) is 29.6. The number of amides is 1. The predicted molar refractivity (Wildman–Crippen MR) is 165 cm³/mol. The number of rotatable bonds is 12. The van der Waals surface area contributed by atoms with Crippen LogP contribution in [0.4, 0.5) is 5.13 Å². The van der Waals surface area contributed by atoms with E-state index in [-0.39, 0.29) is 11.3 Å². The minimum absolute atomic E-state index is 0.0119. The third-order valence-electron chi connectivity index (χ3n) is 7.07. The van der Waals surface area contributed by atoms with Crippen molar-refractivity contribution in [2.75, 3.05) is 25.2 Å². The highest BCUT2D eigenvalue weighted by Crippen LogP contribution is 2.45. The number of hydrogen-bond donors (Lipinski definition) is 1. The lowest BCUT2D eigenvalue weighted by Gasteiger charge is -2.23. The molecule has 0 spiro atoms. The van der Waals surface area contributed by atoms with E-state index in [1.807, 2.05) is 36.4 Å². The number of unbranched alkanes of at least 4 members (excludes halogenated alkanes) is 2. The topological polar surface area (TPSA) is 98.2 Å². The predicted octanol–water partition coefficient (Wildman–Crippen LogP) is 7.29. The van der Waals surface area contributed by atoms with Gasteiger partial charge >= 0.3 is 5.91 Å². The Kier molecular flexibility index (Phi) is 9.07. The molecule has 1 fully saturated rings. The Hall–Kier alpha value is -4.37. The quantitative estimate of drug-likeness (QED) is 0.0806. The molecule has 42 heavy (non-hydrogen) atoms. The Labute approximate surface area is 249 Å². The van der Waals surface area contributed by atoms with Gasteiger partial charge in [0.15, 0.2) is 5.13 Å². The number of carbonyl (C=O) groups is 2. The molecule has 1 amide bonds. The molecule has 0 aliphatic carbocycles. The first kappa shape index (κ1) is 29.1. The molecule has 218 valence electrons. The molecule has 0 saturated carbocycles. The molecule has 1 unspecified atom stereocenters. The second kappa shape index (κ2) is 13.1. The van der Waals surface area contributed by atoms with Gasteiger partial charge in [-0.15, -0.1) is 0 Å². The van der Waals surface area contributed by atoms with Crippen molar-refractivity contribution < 1.29 is 28.9 Å². The van der Waals surface area contributed by atoms with Gasteiger partial charge in [0.25, 0.3) is 5.78 Å². The molecule has 0 radical (unpaired) electrons. The van der Waals surface area contributed by atoms with Gasteiger partial charge < -0.3 is 19.3 Å². The van der Waals surface area contributed by atoms with Crippen molar-refractivity contribution in [2.24, 2.45) is 0 Å². The number of hydrogen-bond acceptors (Lipinski definition) is 8. The zero-order valence-electron chi connectivity index (χ0n) is 24.0. The van der Waals surface area contributed by atoms with E-state index < -0.39 is 17.7 Å². The van der Waals surface area contributed by atoms with Gasteiger partial charge in [0.1, 0.15) is 23.0 Å². The minimum Gasteiger partial charge on any atom is -0.507 e. The minimum atomic E-state index is -0.901. The largest absolute Gasteiger partial charge is 0.507 e. The van der Waals surface area contributed by atoms with Gasteiger partial charge in [-0.3, -0.25) is 14.5 Å². The first-order valence-electron chi connectivity index (χ1n) is 14.2. The summed E-state index contributed by atoms with van der Waals surface area (Å²) in [6, 6.07) is 18.8. The van der Waals surface area contributed by atoms with Crippen LogP contribution < -0.4 is 19.1 Å². The second-order valence-corrected chi connectivity index (χ2v) is 11.0. The van der Waals surface area contributed by atoms with E-state index >= 15 is 0 Å². The average molecular weight is 587 g/mol. The Balaban J connectivity index is 1.60. The number of thiazole rings is 1. The van der Waals surface area contributed by atoms with Gasteiger partial charge in [-0.2, -0.15) is 0 Å². The Bertz CT molecular complexity index is 1610. The van der Waals surface area contributed by atoms with E-state index in [1.165, 1.54) is 16.2 Å². The normalized spacial score (nSPS) is 16.3. The van der Waals surface area contributed by atoms with E-state index in [0.29, 0.717) is 52.2 Å². The van der Waals surface area contributed by atoms with Crippen LogP contribution in [0.2, 0.25) is 0 Å². The highest BCUT2D eigenvalue weighted by Gasteiger charge is 2.48. The lowest BCUT2D eigenvalue weighted by atomic mass is 9.95. The molecule has 0 bridgehead atoms. The standard InChI is InChI=1S/C33H34N2O6S/c1-4-6-17-40-23-13-11-21(12-14-23)29-28(30(36)22-9-8-10-25(19-22)41-18-7-5-2)31(37)32(38)35(29)33-34-26-16-15-24(39-3)20-27(26)42-33/h8-16,19-20,29,36H,4-7,17-18H2,1-3H3. The van der Waals surface area contributed by atoms with Crippen molar-refractivity contribution in [1.29, 1.82) is 0 Å². The van der Waals surface area contributed by atoms with E-state index in [9.17, 15) is 14.7 Å². The molecule has 4 aromatic rings. The van der Waals surface area contributed by atoms with Crippen LogP contribution >= 0.6 is 11.3 Å². The molecular formula is C33H34N2O6S. The van der Waals surface area contributed by atoms with E-state index in [1.54, 1.807) is 37.4 Å². The summed E-state index contributed by atoms with van der Waals surface area (Å²) in [5.74, 6) is 0.116. The fraction of sp³-hybridized carbons (Fsp3) is 0.303. The molecule has 3 aromatic carbocycles. The number of aromatic nitrogens is 1. The summed E-state index contributed by atoms with van der Waals surface area (Å²) in [7, 11) is 1.58. The summed E-state index contributed by atoms with van der Waals surface area (Å²) in [5, 5.41) is 11.9. The Morgan fingerprint density at radius 3 is 2.29 bits per heavy atom. The van der Waals surface area contributed by atoms with E-state index in [4.69, 9.17) is 14.2 Å². The number of ketones is 1. The van der Waals surface area contributed by atoms with Gasteiger partial charge in [0, 0.05) is 5.56 Å². The summed E-state index contributed by atoms with van der Waals surface area (Å²) in [6.45, 7) is 5.32. The van der Waals surface area contributed by atoms with Crippen molar-refractivity contribution >= 4 is 44.1 Å². The van der Waals surface area contributed by atoms with Gasteiger partial charge in [0.05, 0.1) is 42.2 Å². The summed E-state index contributed by atoms with van der Waals surface area (Å²) in [6.07, 6.45) is 3.84. The molecule has 9 heteroatoms. The fourth-order valence-electron chi connectivity index (χ4n) is 4.77. The first-order valence-corrected chi connectivity index (χ1v) is 15.0. The number of nitrogens with zero attached hydrogens (tertiary/aromatic N) is 2. The van der Waals surface area contributed by atoms with Crippen LogP contribution in [0.3, 0.4) is 0 Å². The lowest BCUT2D eigenvalue weighted by Crippen LogP contribution is -2.29. The maximum absolute atomic E-state index is 13.6. The smallest absolute Gasteiger partial charge is 0.301 e. The van der Waals surface area contributed by atoms with Crippen molar-refractivity contribution in [3.05, 3.63) is 83.4 Å². The number of fused-ring (bicyclic) bond motifs is 1. The third-order valence-corrected chi connectivity index (χ3v) is 8.09. The Morgan fingerprint density at radius 2 is 1.60 bits per heavy atom. The van der Waals surface area contributed by atoms with Gasteiger partial charge in [-0.25, -0.2) is 4.98 Å². The lowest BCUT2D eigenvalue weighted by molar-refractivity contribution is -0.132. The number of ether oxygens (including phenoxy) is 3. The van der Waals surface area contributed by atoms with E-state index in [2.05, 4.69) is 18.8 Å². The molecule has 1 atom stereocenters. The molecule has 2 heterocycles. The van der Waals surface area contributed by atoms with Gasteiger partial charge in [-0.05, 0) is 60.9 Å². The third kappa shape index (κ3) is 5.97. The van der Waals surface area contributed by atoms with Crippen LogP contribution in [-0.2, 0) is 9.59 Å². The number of anilines is 1. The van der Waals surface area contributed by atoms with Crippen LogP contribution in [0.15, 0.2) is 72.3 Å². The number of carbonyl (C=O) groups excluding carboxylic acids is 2. The molecule has 5 rings (SSSR count). The van der Waals surface area contributed by atoms with Crippen LogP contribution in [0.5, 0.6) is 17.2 Å². The molecule has 1 N–H and O–H groups in total. The summed E-state index contributed by atoms with van der Waals surface area (Å²) < 4.78 is 17.8. The number of aliphatic hydroxyl groups is 1. The maximum atomic E-state index is 13.6. The fourth-order valence-corrected chi connectivity index (χ4v) is 5.79. The van der Waals surface area contributed by atoms with Gasteiger partial charge in [-0.1, -0.05) is 62.3 Å². The number of benzene rings is 3. The van der Waals surface area contributed by atoms with Crippen LogP contribution in [0.1, 0.15) is 56.7 Å². The van der Waals surface area contributed by atoms with Crippen molar-refractivity contribution in [1.82, 2.24) is 4.98 Å². The molecule has 1 aliphatic heterocycles. The highest BCUT2D eigenvalue weighted by atomic mass is 32.1. The Morgan fingerprint density at radius 1 is 0.905 bits per heavy atom. The molecular weight excluding hydrogens is 552 g/mol. The van der Waals surface area contributed by atoms with Crippen LogP contribution in [0, 0.1) is 0 Å². The zero-order valence-corrected chi connectivity index (χ0v) is 24.8. The van der Waals surface area contributed by atoms with Crippen molar-refractivity contribution in [3.8, 4) is 17.2 Å². The molecule has 8 nitrogen and oxygen atoms in total. The first-order chi connectivity index (χ1) is 20.4. The SMILES string of the molecule is CCCCOc1ccc(C2C(=C(O)c3cccc(OCCCC)c3)C(=O)C(=O)N2c2nc3ccc(OC)cc3s2)cc1. The average Bonchev–Trinajstić information content (AvgIpc) is 3.55. The molecule has 1 aromatic heterocycles. The number of methoxy groups -OCH3 is 1. The second-order valence-electron chi connectivity index (χ2n) is 10.0. The van der Waals surface area contributed by atoms with Crippen LogP contribution in [-0.4, -0.2) is 42.1 Å². The summed E-state index contributed by atoms with van der Waals surface area (Å²) in [5.41, 5.74) is 1.70. The summed E-state index contributed by atoms with van der Waals surface area (Å²) in [4.78, 5) is 33.3. The summed E-state index contributed by atoms with van der Waals surface area (Å²) >= 11 is 1.28. The highest BCUT2D eigenvalue weighted by molar-refractivity contribution is 7.22. The number of aliphatic hydroxyl groups excluding tert-OH is 1. The van der Waals surface area contributed by atoms with Crippen molar-refractivity contribution in [3.63, 3.8) is 0 Å². The van der Waals surface area contributed by atoms with Crippen LogP contribution in [0.25, 0.3) is 16.0 Å². The maximum Gasteiger partial charge on any atom is 0.301 e. The monoisotopic (exact) mass is 586 g/mol. The van der Waals surface area contributed by atoms with Crippen molar-refractivity contribution in [2.45, 2.75) is 45.6 Å². The van der Waals surface area contributed by atoms with Gasteiger partial charge in [0.2, 0.25) is 0 Å². The number of Topliss-reactive ketones (excluding diaryl/α,β-unsaturated/α-hetero) is 1. The molecule has 1 saturated heterocycles. The molecule has 1 aliphatic rings. The van der Waals surface area contributed by atoms with E-state index in [0.717, 1.165) is 30.4 Å².